The number of nitrogens with one attached hydrogen (secondary N) is 2. The van der Waals surface area contributed by atoms with E-state index in [1.807, 2.05) is 93.4 Å². The Labute approximate surface area is 357 Å². The number of phenols is 1. The van der Waals surface area contributed by atoms with E-state index in [-0.39, 0.29) is 43.4 Å². The summed E-state index contributed by atoms with van der Waals surface area (Å²) in [5.74, 6) is 1.60. The number of carbonyl (C=O) groups is 2. The fourth-order valence-electron chi connectivity index (χ4n) is 8.15. The lowest BCUT2D eigenvalue weighted by Gasteiger charge is -2.39. The van der Waals surface area contributed by atoms with Crippen molar-refractivity contribution in [2.45, 2.75) is 52.1 Å². The van der Waals surface area contributed by atoms with Crippen molar-refractivity contribution >= 4 is 23.2 Å². The molecule has 324 valence electrons. The Morgan fingerprint density at radius 3 is 2.16 bits per heavy atom. The van der Waals surface area contributed by atoms with E-state index in [2.05, 4.69) is 10.6 Å². The molecule has 0 radical (unpaired) electrons. The summed E-state index contributed by atoms with van der Waals surface area (Å²) < 4.78 is 41.1. The lowest BCUT2D eigenvalue weighted by molar-refractivity contribution is -0.139. The Hall–Kier alpha value is -6.15. The van der Waals surface area contributed by atoms with Crippen molar-refractivity contribution in [1.29, 1.82) is 0 Å². The molecule has 2 aliphatic heterocycles. The lowest BCUT2D eigenvalue weighted by Crippen LogP contribution is -2.51. The molecule has 7 rings (SSSR count). The third kappa shape index (κ3) is 8.86. The largest absolute Gasteiger partial charge is 0.508 e. The number of aromatic hydroxyl groups is 1. The molecule has 0 aromatic heterocycles. The van der Waals surface area contributed by atoms with Gasteiger partial charge in [0.05, 0.1) is 69.9 Å². The molecule has 0 saturated heterocycles. The Morgan fingerprint density at radius 2 is 1.54 bits per heavy atom. The highest BCUT2D eigenvalue weighted by atomic mass is 16.7. The van der Waals surface area contributed by atoms with E-state index in [1.165, 1.54) is 0 Å². The van der Waals surface area contributed by atoms with Crippen molar-refractivity contribution in [2.75, 3.05) is 66.5 Å². The molecule has 14 nitrogen and oxygen atoms in total. The highest BCUT2D eigenvalue weighted by molar-refractivity contribution is 6.10. The molecule has 2 heterocycles. The van der Waals surface area contributed by atoms with Crippen molar-refractivity contribution in [2.24, 2.45) is 22.4 Å². The minimum atomic E-state index is -0.855. The van der Waals surface area contributed by atoms with E-state index in [0.29, 0.717) is 54.7 Å². The molecule has 0 fully saturated rings. The van der Waals surface area contributed by atoms with Gasteiger partial charge >= 0.3 is 0 Å². The molecule has 4 aromatic rings. The van der Waals surface area contributed by atoms with Gasteiger partial charge in [-0.1, -0.05) is 19.1 Å². The van der Waals surface area contributed by atoms with Gasteiger partial charge in [-0.2, -0.15) is 5.10 Å². The topological polar surface area (TPSA) is 159 Å². The molecule has 61 heavy (non-hydrogen) atoms. The molecule has 1 aliphatic carbocycles. The van der Waals surface area contributed by atoms with Gasteiger partial charge in [-0.25, -0.2) is 0 Å². The predicted octanol–water partition coefficient (Wildman–Crippen LogP) is 6.44. The first kappa shape index (κ1) is 43.0. The number of anilines is 1. The first-order valence-electron chi connectivity index (χ1n) is 20.5. The van der Waals surface area contributed by atoms with Crippen LogP contribution in [0.4, 0.5) is 5.69 Å². The van der Waals surface area contributed by atoms with Crippen molar-refractivity contribution in [3.8, 4) is 40.2 Å². The van der Waals surface area contributed by atoms with Gasteiger partial charge in [-0.05, 0) is 111 Å². The Kier molecular flexibility index (Phi) is 12.6. The smallest absolute Gasteiger partial charge is 0.231 e. The number of hydrazone groups is 1. The molecular formula is C47H56N4O10. The maximum Gasteiger partial charge on any atom is 0.231 e. The number of carbonyl (C=O) groups excluding carboxylic acids is 2. The van der Waals surface area contributed by atoms with Crippen LogP contribution in [0.15, 0.2) is 77.9 Å². The van der Waals surface area contributed by atoms with Crippen LogP contribution < -0.4 is 44.1 Å². The summed E-state index contributed by atoms with van der Waals surface area (Å²) in [5, 5.41) is 23.0. The number of amides is 2. The minimum Gasteiger partial charge on any atom is -0.508 e. The van der Waals surface area contributed by atoms with Gasteiger partial charge in [0.2, 0.25) is 24.4 Å². The molecule has 3 aliphatic rings. The second-order valence-electron chi connectivity index (χ2n) is 16.5. The zero-order valence-corrected chi connectivity index (χ0v) is 36.1. The normalized spacial score (nSPS) is 18.6. The molecule has 0 bridgehead atoms. The lowest BCUT2D eigenvalue weighted by atomic mass is 9.65. The monoisotopic (exact) mass is 836 g/mol. The highest BCUT2D eigenvalue weighted by Crippen LogP contribution is 2.52. The van der Waals surface area contributed by atoms with Gasteiger partial charge in [0.25, 0.3) is 0 Å². The molecule has 0 saturated carbocycles. The number of rotatable bonds is 17. The van der Waals surface area contributed by atoms with Gasteiger partial charge in [0.1, 0.15) is 11.5 Å². The number of benzene rings is 4. The number of nitrogens with zero attached hydrogens (tertiary/aromatic N) is 2. The molecule has 3 N–H and O–H groups in total. The highest BCUT2D eigenvalue weighted by Gasteiger charge is 2.50. The average molecular weight is 837 g/mol. The molecule has 0 spiro atoms. The standard InChI is InChI=1S/C47H56N4O10/c1-9-47(4,61-26-46(2,3)45(54)48-19-18-28-10-14-31(52)15-11-28)25-49-44(53)41-35-24-51(30-12-16-32(55-5)17-13-30)50-42(35)34-23-37-36(59-27-60-37)22-33(34)40(41)29-20-38(56-6)43(58-8)39(21-29)57-7/h10-17,20-23,35,40-41,52H,9,18-19,24-27H2,1-8H3,(H,48,54)(H,49,53). The van der Waals surface area contributed by atoms with Crippen molar-refractivity contribution in [3.05, 3.63) is 95.1 Å². The van der Waals surface area contributed by atoms with Gasteiger partial charge in [-0.3, -0.25) is 14.6 Å². The van der Waals surface area contributed by atoms with Crippen LogP contribution in [-0.2, 0) is 20.7 Å². The summed E-state index contributed by atoms with van der Waals surface area (Å²) in [6.45, 7) is 8.92. The summed E-state index contributed by atoms with van der Waals surface area (Å²) in [4.78, 5) is 28.5. The van der Waals surface area contributed by atoms with Crippen LogP contribution in [0, 0.1) is 17.3 Å². The summed E-state index contributed by atoms with van der Waals surface area (Å²) in [7, 11) is 6.33. The molecule has 14 heteroatoms. The summed E-state index contributed by atoms with van der Waals surface area (Å²) >= 11 is 0. The summed E-state index contributed by atoms with van der Waals surface area (Å²) in [6, 6.07) is 22.3. The van der Waals surface area contributed by atoms with Crippen LogP contribution in [-0.4, -0.2) is 89.7 Å². The van der Waals surface area contributed by atoms with E-state index in [1.54, 1.807) is 40.6 Å². The van der Waals surface area contributed by atoms with E-state index in [9.17, 15) is 9.90 Å². The maximum atomic E-state index is 15.2. The third-order valence-corrected chi connectivity index (χ3v) is 12.0. The zero-order valence-electron chi connectivity index (χ0n) is 36.1. The van der Waals surface area contributed by atoms with Crippen LogP contribution in [0.25, 0.3) is 0 Å². The number of hydrogen-bond acceptors (Lipinski definition) is 12. The molecule has 4 atom stereocenters. The first-order valence-corrected chi connectivity index (χ1v) is 20.5. The Morgan fingerprint density at radius 1 is 0.869 bits per heavy atom. The summed E-state index contributed by atoms with van der Waals surface area (Å²) in [5.41, 5.74) is 3.45. The van der Waals surface area contributed by atoms with Crippen LogP contribution in [0.2, 0.25) is 0 Å². The Balaban J connectivity index is 1.19. The quantitative estimate of drug-likeness (QED) is 0.107. The molecule has 4 aromatic carbocycles. The van der Waals surface area contributed by atoms with Crippen molar-refractivity contribution in [3.63, 3.8) is 0 Å². The minimum absolute atomic E-state index is 0.0821. The second kappa shape index (κ2) is 17.8. The summed E-state index contributed by atoms with van der Waals surface area (Å²) in [6.07, 6.45) is 1.19. The van der Waals surface area contributed by atoms with E-state index in [4.69, 9.17) is 38.3 Å². The average Bonchev–Trinajstić information content (AvgIpc) is 3.94. The molecule has 2 amide bonds. The van der Waals surface area contributed by atoms with Gasteiger partial charge in [0, 0.05) is 30.5 Å². The fraction of sp³-hybridized carbons (Fsp3) is 0.426. The van der Waals surface area contributed by atoms with E-state index < -0.39 is 22.9 Å². The number of hydrogen-bond donors (Lipinski definition) is 3. The molecule has 4 unspecified atom stereocenters. The first-order chi connectivity index (χ1) is 29.3. The Bertz CT molecular complexity index is 2240. The predicted molar refractivity (Wildman–Crippen MR) is 231 cm³/mol. The van der Waals surface area contributed by atoms with Crippen LogP contribution in [0.5, 0.6) is 40.2 Å². The van der Waals surface area contributed by atoms with Gasteiger partial charge in [0.15, 0.2) is 23.0 Å². The fourth-order valence-corrected chi connectivity index (χ4v) is 8.15. The van der Waals surface area contributed by atoms with Crippen LogP contribution in [0.1, 0.15) is 62.3 Å². The van der Waals surface area contributed by atoms with Gasteiger partial charge < -0.3 is 48.9 Å². The van der Waals surface area contributed by atoms with Crippen LogP contribution >= 0.6 is 0 Å². The SMILES string of the molecule is CCC(C)(CNC(=O)C1C2CN(c3ccc(OC)cc3)N=C2c2cc3c(cc2C1c1cc(OC)c(OC)c(OC)c1)OCO3)OCC(C)(C)C(=O)NCCc1ccc(O)cc1. The number of methoxy groups -OCH3 is 4. The third-order valence-electron chi connectivity index (χ3n) is 12.0. The van der Waals surface area contributed by atoms with Crippen molar-refractivity contribution in [1.82, 2.24) is 10.6 Å². The molecular weight excluding hydrogens is 781 g/mol. The maximum absolute atomic E-state index is 15.2. The van der Waals surface area contributed by atoms with E-state index >= 15 is 4.79 Å². The van der Waals surface area contributed by atoms with Crippen molar-refractivity contribution < 1.29 is 47.9 Å². The zero-order chi connectivity index (χ0) is 43.5. The number of ether oxygens (including phenoxy) is 7. The van der Waals surface area contributed by atoms with E-state index in [0.717, 1.165) is 39.4 Å². The number of phenolic OH excluding ortho intramolecular Hbond substituents is 1. The number of fused-ring (bicyclic) bond motifs is 4. The van der Waals surface area contributed by atoms with Crippen LogP contribution in [0.3, 0.4) is 0 Å². The van der Waals surface area contributed by atoms with Gasteiger partial charge in [-0.15, -0.1) is 0 Å². The second-order valence-corrected chi connectivity index (χ2v) is 16.5.